The molecule has 0 bridgehead atoms. The summed E-state index contributed by atoms with van der Waals surface area (Å²) in [4.78, 5) is 23.9. The van der Waals surface area contributed by atoms with Crippen LogP contribution in [0.5, 0.6) is 0 Å². The fourth-order valence-corrected chi connectivity index (χ4v) is 11.3. The SMILES string of the molecule is COC(=O)C(C/C=C(/C)CC/C=C(/C)CC/C=C(/C)CC/C=C(/C)CC/C=C(/C)CC/C=C(/C)CC/C=C(/C)CC/C=C(/C)CC/C=C(/C)CC/C=C(/C)CC/C=C(/C)CC/C=C(/C)CC/C=C(/C)CC/C=C(/C)CC/C=C(\C)CC/C=C(\C)CCC=C(C)C)C(=O)OC. The number of hydrogen-bond donors (Lipinski definition) is 0. The average molecular weight is 1290 g/mol. The van der Waals surface area contributed by atoms with Crippen LogP contribution in [0.3, 0.4) is 0 Å². The molecule has 0 rings (SSSR count). The van der Waals surface area contributed by atoms with E-state index >= 15 is 0 Å². The van der Waals surface area contributed by atoms with Crippen molar-refractivity contribution in [1.82, 2.24) is 0 Å². The van der Waals surface area contributed by atoms with Gasteiger partial charge in [0.25, 0.3) is 0 Å². The van der Waals surface area contributed by atoms with Crippen LogP contribution >= 0.6 is 0 Å². The first kappa shape index (κ1) is 88.5. The molecule has 0 fully saturated rings. The van der Waals surface area contributed by atoms with Gasteiger partial charge in [-0.2, -0.15) is 0 Å². The molecule has 0 saturated carbocycles. The number of rotatable bonds is 52. The second-order valence-corrected chi connectivity index (χ2v) is 28.5. The van der Waals surface area contributed by atoms with Crippen LogP contribution in [-0.2, 0) is 19.1 Å². The van der Waals surface area contributed by atoms with Crippen molar-refractivity contribution in [2.45, 2.75) is 337 Å². The normalized spacial score (nSPS) is 14.9. The average Bonchev–Trinajstić information content (AvgIpc) is 2.40. The number of esters is 2. The van der Waals surface area contributed by atoms with Gasteiger partial charge in [0.15, 0.2) is 5.92 Å². The van der Waals surface area contributed by atoms with Crippen LogP contribution in [-0.4, -0.2) is 26.2 Å². The maximum atomic E-state index is 11.9. The smallest absolute Gasteiger partial charge is 0.320 e. The molecule has 0 aromatic heterocycles. The van der Waals surface area contributed by atoms with Crippen molar-refractivity contribution >= 4 is 11.9 Å². The predicted octanol–water partition coefficient (Wildman–Crippen LogP) is 28.9. The third kappa shape index (κ3) is 54.7. The second-order valence-electron chi connectivity index (χ2n) is 28.5. The molecule has 0 amide bonds. The first-order valence-corrected chi connectivity index (χ1v) is 37.1. The zero-order valence-corrected chi connectivity index (χ0v) is 64.9. The molecule has 0 aliphatic carbocycles. The third-order valence-electron chi connectivity index (χ3n) is 18.2. The quantitative estimate of drug-likeness (QED) is 0.0346. The van der Waals surface area contributed by atoms with E-state index in [4.69, 9.17) is 9.47 Å². The van der Waals surface area contributed by atoms with E-state index in [-0.39, 0.29) is 0 Å². The molecule has 0 aromatic rings. The van der Waals surface area contributed by atoms with Crippen molar-refractivity contribution in [3.63, 3.8) is 0 Å². The van der Waals surface area contributed by atoms with Crippen molar-refractivity contribution in [3.05, 3.63) is 198 Å². The van der Waals surface area contributed by atoms with Crippen molar-refractivity contribution < 1.29 is 19.1 Å². The Morgan fingerprint density at radius 2 is 0.319 bits per heavy atom. The summed E-state index contributed by atoms with van der Waals surface area (Å²) in [5.74, 6) is -2.02. The molecule has 0 atom stereocenters. The molecule has 4 nitrogen and oxygen atoms in total. The van der Waals surface area contributed by atoms with E-state index in [9.17, 15) is 9.59 Å². The lowest BCUT2D eigenvalue weighted by Crippen LogP contribution is -2.26. The van der Waals surface area contributed by atoms with Crippen molar-refractivity contribution in [1.29, 1.82) is 0 Å². The summed E-state index contributed by atoms with van der Waals surface area (Å²) in [5, 5.41) is 0. The van der Waals surface area contributed by atoms with Gasteiger partial charge in [0.2, 0.25) is 0 Å². The third-order valence-corrected chi connectivity index (χ3v) is 18.2. The minimum Gasteiger partial charge on any atom is -0.468 e. The lowest BCUT2D eigenvalue weighted by atomic mass is 10.0. The van der Waals surface area contributed by atoms with Crippen LogP contribution in [0.2, 0.25) is 0 Å². The number of allylic oxidation sites excluding steroid dienone is 34. The maximum absolute atomic E-state index is 11.9. The molecule has 0 saturated heterocycles. The van der Waals surface area contributed by atoms with Gasteiger partial charge in [-0.3, -0.25) is 9.59 Å². The summed E-state index contributed by atoms with van der Waals surface area (Å²) in [6.07, 6.45) is 77.5. The summed E-state index contributed by atoms with van der Waals surface area (Å²) in [6, 6.07) is 0. The van der Waals surface area contributed by atoms with Crippen molar-refractivity contribution in [2.75, 3.05) is 14.2 Å². The van der Waals surface area contributed by atoms with E-state index in [0.717, 1.165) is 166 Å². The zero-order chi connectivity index (χ0) is 70.3. The van der Waals surface area contributed by atoms with Gasteiger partial charge in [0.1, 0.15) is 0 Å². The molecule has 0 radical (unpaired) electrons. The summed E-state index contributed by atoms with van der Waals surface area (Å²) in [7, 11) is 2.59. The molecule has 0 N–H and O–H groups in total. The molecule has 0 unspecified atom stereocenters. The highest BCUT2D eigenvalue weighted by atomic mass is 16.5. The predicted molar refractivity (Wildman–Crippen MR) is 419 cm³/mol. The standard InChI is InChI=1S/C90H144O4/c1-71(2)37-21-38-72(3)39-22-40-73(4)41-23-42-74(5)43-24-44-75(6)45-25-46-76(7)47-26-48-77(8)49-27-50-78(9)51-28-52-79(10)53-29-54-80(11)55-30-56-81(12)57-31-58-82(13)59-32-60-83(14)61-33-62-84(15)63-34-64-85(16)65-35-66-86(17)67-36-68-87(18)69-70-88(89(91)93-19)90(92)94-20/h37,39,41,43,45,47,49,51,53,55,57,59,61,63,65,67,69,88H,21-36,38,40,42,44,46,48,50,52,54,56,58,60,62,64,66,68,70H2,1-20H3/b72-39+,73-41+,74-43-,75-45-,76-47-,77-49-,78-51-,79-53-,80-55-,81-57-,82-59-,83-61-,84-63-,85-65-,86-67-,87-69-. The molecular weight excluding hydrogens is 1140 g/mol. The van der Waals surface area contributed by atoms with Gasteiger partial charge >= 0.3 is 11.9 Å². The van der Waals surface area contributed by atoms with Crippen molar-refractivity contribution in [3.8, 4) is 0 Å². The first-order valence-electron chi connectivity index (χ1n) is 37.1. The fourth-order valence-electron chi connectivity index (χ4n) is 11.3. The largest absolute Gasteiger partial charge is 0.468 e. The van der Waals surface area contributed by atoms with Gasteiger partial charge in [-0.15, -0.1) is 0 Å². The maximum Gasteiger partial charge on any atom is 0.320 e. The van der Waals surface area contributed by atoms with E-state index in [2.05, 4.69) is 215 Å². The Morgan fingerprint density at radius 1 is 0.202 bits per heavy atom. The Bertz CT molecular complexity index is 2700. The molecule has 0 aliphatic rings. The second kappa shape index (κ2) is 57.7. The molecule has 528 valence electrons. The van der Waals surface area contributed by atoms with Gasteiger partial charge in [-0.1, -0.05) is 198 Å². The van der Waals surface area contributed by atoms with Gasteiger partial charge in [-0.05, 0) is 337 Å². The van der Waals surface area contributed by atoms with E-state index in [1.54, 1.807) is 0 Å². The zero-order valence-electron chi connectivity index (χ0n) is 64.9. The van der Waals surface area contributed by atoms with Crippen LogP contribution in [0.4, 0.5) is 0 Å². The summed E-state index contributed by atoms with van der Waals surface area (Å²) < 4.78 is 9.53. The van der Waals surface area contributed by atoms with E-state index in [0.29, 0.717) is 6.42 Å². The molecule has 0 aliphatic heterocycles. The van der Waals surface area contributed by atoms with Crippen LogP contribution in [0.1, 0.15) is 337 Å². The van der Waals surface area contributed by atoms with Crippen molar-refractivity contribution in [2.24, 2.45) is 5.92 Å². The minimum absolute atomic E-state index is 0.299. The molecule has 0 spiro atoms. The number of carbonyl (C=O) groups is 2. The summed E-state index contributed by atoms with van der Waals surface area (Å²) in [6.45, 7) is 40.8. The fraction of sp³-hybridized carbons (Fsp3) is 0.600. The van der Waals surface area contributed by atoms with E-state index < -0.39 is 17.9 Å². The van der Waals surface area contributed by atoms with Gasteiger partial charge in [0.05, 0.1) is 14.2 Å². The number of ether oxygens (including phenoxy) is 2. The Morgan fingerprint density at radius 3 is 0.436 bits per heavy atom. The summed E-state index contributed by atoms with van der Waals surface area (Å²) >= 11 is 0. The highest BCUT2D eigenvalue weighted by molar-refractivity contribution is 5.95. The first-order chi connectivity index (χ1) is 44.8. The number of hydrogen-bond acceptors (Lipinski definition) is 4. The Balaban J connectivity index is 4.38. The molecule has 94 heavy (non-hydrogen) atoms. The van der Waals surface area contributed by atoms with Crippen LogP contribution < -0.4 is 0 Å². The van der Waals surface area contributed by atoms with Gasteiger partial charge in [0, 0.05) is 0 Å². The van der Waals surface area contributed by atoms with E-state index in [1.165, 1.54) is 148 Å². The molecule has 4 heteroatoms. The summed E-state index contributed by atoms with van der Waals surface area (Å²) in [5.41, 5.74) is 25.2. The van der Waals surface area contributed by atoms with Gasteiger partial charge in [-0.25, -0.2) is 0 Å². The lowest BCUT2D eigenvalue weighted by Gasteiger charge is -2.10. The van der Waals surface area contributed by atoms with Crippen LogP contribution in [0.15, 0.2) is 198 Å². The number of carbonyl (C=O) groups excluding carboxylic acids is 2. The van der Waals surface area contributed by atoms with Crippen LogP contribution in [0.25, 0.3) is 0 Å². The monoisotopic (exact) mass is 1290 g/mol. The molecule has 0 aromatic carbocycles. The minimum atomic E-state index is -0.904. The Hall–Kier alpha value is -5.48. The topological polar surface area (TPSA) is 52.6 Å². The Labute approximate surface area is 582 Å². The Kier molecular flexibility index (Phi) is 54.4. The molecular formula is C90H144O4. The van der Waals surface area contributed by atoms with Gasteiger partial charge < -0.3 is 9.47 Å². The lowest BCUT2D eigenvalue weighted by molar-refractivity contribution is -0.158. The molecule has 0 heterocycles. The number of methoxy groups -OCH3 is 2. The van der Waals surface area contributed by atoms with E-state index in [1.807, 2.05) is 13.0 Å². The highest BCUT2D eigenvalue weighted by Gasteiger charge is 2.27. The highest BCUT2D eigenvalue weighted by Crippen LogP contribution is 2.22. The van der Waals surface area contributed by atoms with Crippen LogP contribution in [0, 0.1) is 5.92 Å².